The Morgan fingerprint density at radius 1 is 1.22 bits per heavy atom. The summed E-state index contributed by atoms with van der Waals surface area (Å²) in [5.41, 5.74) is 6.91. The van der Waals surface area contributed by atoms with Gasteiger partial charge in [0.05, 0.1) is 4.90 Å². The molecule has 0 radical (unpaired) electrons. The monoisotopic (exact) mass is 269 g/mol. The average molecular weight is 269 g/mol. The van der Waals surface area contributed by atoms with E-state index in [0.29, 0.717) is 10.9 Å². The Bertz CT molecular complexity index is 491. The summed E-state index contributed by atoms with van der Waals surface area (Å²) in [6.45, 7) is 1.86. The van der Waals surface area contributed by atoms with Crippen LogP contribution in [0.4, 0.5) is 5.69 Å². The Morgan fingerprint density at radius 3 is 2.28 bits per heavy atom. The van der Waals surface area contributed by atoms with Crippen LogP contribution in [0.25, 0.3) is 0 Å². The molecule has 0 amide bonds. The minimum Gasteiger partial charge on any atom is -0.371 e. The standard InChI is InChI=1S/C12H19N3O2S/c1-14-18(16,17)12-4-2-11(3-5-12)15-8-6-10(13)7-9-15/h2-5,10,14H,6-9,13H2,1H3. The van der Waals surface area contributed by atoms with Crippen molar-refractivity contribution in [2.75, 3.05) is 25.0 Å². The highest BCUT2D eigenvalue weighted by Crippen LogP contribution is 2.21. The summed E-state index contributed by atoms with van der Waals surface area (Å²) in [6.07, 6.45) is 1.97. The topological polar surface area (TPSA) is 75.4 Å². The molecule has 1 heterocycles. The molecule has 1 fully saturated rings. The molecule has 0 spiro atoms. The van der Waals surface area contributed by atoms with Crippen LogP contribution in [0.5, 0.6) is 0 Å². The molecule has 18 heavy (non-hydrogen) atoms. The lowest BCUT2D eigenvalue weighted by Gasteiger charge is -2.32. The maximum atomic E-state index is 11.6. The van der Waals surface area contributed by atoms with E-state index in [4.69, 9.17) is 5.73 Å². The quantitative estimate of drug-likeness (QED) is 0.839. The second kappa shape index (κ2) is 5.26. The molecule has 0 unspecified atom stereocenters. The zero-order valence-corrected chi connectivity index (χ0v) is 11.3. The molecule has 0 bridgehead atoms. The highest BCUT2D eigenvalue weighted by atomic mass is 32.2. The summed E-state index contributed by atoms with van der Waals surface area (Å²) in [5.74, 6) is 0. The lowest BCUT2D eigenvalue weighted by molar-refractivity contribution is 0.501. The molecule has 0 aromatic heterocycles. The van der Waals surface area contributed by atoms with Gasteiger partial charge in [-0.2, -0.15) is 0 Å². The van der Waals surface area contributed by atoms with Crippen LogP contribution in [-0.2, 0) is 10.0 Å². The first-order valence-electron chi connectivity index (χ1n) is 6.07. The molecular formula is C12H19N3O2S. The van der Waals surface area contributed by atoms with Gasteiger partial charge in [0.25, 0.3) is 0 Å². The largest absolute Gasteiger partial charge is 0.371 e. The second-order valence-electron chi connectivity index (χ2n) is 4.53. The molecule has 2 rings (SSSR count). The molecular weight excluding hydrogens is 250 g/mol. The Balaban J connectivity index is 2.13. The van der Waals surface area contributed by atoms with E-state index in [1.54, 1.807) is 12.1 Å². The van der Waals surface area contributed by atoms with Gasteiger partial charge in [-0.05, 0) is 44.2 Å². The van der Waals surface area contributed by atoms with E-state index >= 15 is 0 Å². The van der Waals surface area contributed by atoms with Crippen LogP contribution < -0.4 is 15.4 Å². The van der Waals surface area contributed by atoms with Crippen LogP contribution >= 0.6 is 0 Å². The van der Waals surface area contributed by atoms with Crippen molar-refractivity contribution in [1.29, 1.82) is 0 Å². The number of hydrogen-bond acceptors (Lipinski definition) is 4. The van der Waals surface area contributed by atoms with Gasteiger partial charge in [-0.1, -0.05) is 0 Å². The first-order valence-corrected chi connectivity index (χ1v) is 7.55. The van der Waals surface area contributed by atoms with Crippen LogP contribution in [0.2, 0.25) is 0 Å². The number of sulfonamides is 1. The Morgan fingerprint density at radius 2 is 1.78 bits per heavy atom. The molecule has 1 aliphatic heterocycles. The van der Waals surface area contributed by atoms with Gasteiger partial charge < -0.3 is 10.6 Å². The third kappa shape index (κ3) is 2.82. The van der Waals surface area contributed by atoms with Crippen molar-refractivity contribution in [3.8, 4) is 0 Å². The molecule has 1 saturated heterocycles. The SMILES string of the molecule is CNS(=O)(=O)c1ccc(N2CCC(N)CC2)cc1. The van der Waals surface area contributed by atoms with Crippen molar-refractivity contribution in [3.63, 3.8) is 0 Å². The van der Waals surface area contributed by atoms with Gasteiger partial charge in [-0.15, -0.1) is 0 Å². The van der Waals surface area contributed by atoms with Crippen LogP contribution in [0.1, 0.15) is 12.8 Å². The van der Waals surface area contributed by atoms with Gasteiger partial charge in [-0.25, -0.2) is 13.1 Å². The number of benzene rings is 1. The smallest absolute Gasteiger partial charge is 0.240 e. The third-order valence-electron chi connectivity index (χ3n) is 3.32. The summed E-state index contributed by atoms with van der Waals surface area (Å²) in [6, 6.07) is 7.26. The van der Waals surface area contributed by atoms with E-state index in [9.17, 15) is 8.42 Å². The number of nitrogens with zero attached hydrogens (tertiary/aromatic N) is 1. The van der Waals surface area contributed by atoms with Gasteiger partial charge in [-0.3, -0.25) is 0 Å². The average Bonchev–Trinajstić information content (AvgIpc) is 2.40. The fourth-order valence-corrected chi connectivity index (χ4v) is 2.84. The Kier molecular flexibility index (Phi) is 3.89. The molecule has 1 aromatic carbocycles. The molecule has 1 aliphatic rings. The molecule has 0 saturated carbocycles. The van der Waals surface area contributed by atoms with E-state index < -0.39 is 10.0 Å². The highest BCUT2D eigenvalue weighted by molar-refractivity contribution is 7.89. The first kappa shape index (κ1) is 13.3. The fourth-order valence-electron chi connectivity index (χ4n) is 2.11. The van der Waals surface area contributed by atoms with Crippen molar-refractivity contribution < 1.29 is 8.42 Å². The van der Waals surface area contributed by atoms with Crippen molar-refractivity contribution in [2.24, 2.45) is 5.73 Å². The highest BCUT2D eigenvalue weighted by Gasteiger charge is 2.17. The molecule has 100 valence electrons. The minimum atomic E-state index is -3.34. The number of piperidine rings is 1. The molecule has 1 aromatic rings. The maximum absolute atomic E-state index is 11.6. The normalized spacial score (nSPS) is 18.0. The van der Waals surface area contributed by atoms with E-state index in [2.05, 4.69) is 9.62 Å². The number of rotatable bonds is 3. The number of nitrogens with one attached hydrogen (secondary N) is 1. The minimum absolute atomic E-state index is 0.294. The van der Waals surface area contributed by atoms with E-state index in [1.807, 2.05) is 12.1 Å². The van der Waals surface area contributed by atoms with Crippen molar-refractivity contribution in [2.45, 2.75) is 23.8 Å². The first-order chi connectivity index (χ1) is 8.53. The molecule has 5 nitrogen and oxygen atoms in total. The van der Waals surface area contributed by atoms with Crippen molar-refractivity contribution in [1.82, 2.24) is 4.72 Å². The van der Waals surface area contributed by atoms with Gasteiger partial charge in [0.1, 0.15) is 0 Å². The van der Waals surface area contributed by atoms with Crippen LogP contribution in [-0.4, -0.2) is 34.6 Å². The maximum Gasteiger partial charge on any atom is 0.240 e. The van der Waals surface area contributed by atoms with Gasteiger partial charge in [0, 0.05) is 24.8 Å². The van der Waals surface area contributed by atoms with Gasteiger partial charge in [0.15, 0.2) is 0 Å². The lowest BCUT2D eigenvalue weighted by Crippen LogP contribution is -2.39. The van der Waals surface area contributed by atoms with E-state index in [1.165, 1.54) is 7.05 Å². The fraction of sp³-hybridized carbons (Fsp3) is 0.500. The van der Waals surface area contributed by atoms with Crippen LogP contribution in [0, 0.1) is 0 Å². The van der Waals surface area contributed by atoms with E-state index in [0.717, 1.165) is 31.6 Å². The summed E-state index contributed by atoms with van der Waals surface area (Å²) in [7, 11) is -1.93. The van der Waals surface area contributed by atoms with Crippen LogP contribution in [0.3, 0.4) is 0 Å². The molecule has 0 aliphatic carbocycles. The summed E-state index contributed by atoms with van der Waals surface area (Å²) in [5, 5.41) is 0. The molecule has 6 heteroatoms. The number of nitrogens with two attached hydrogens (primary N) is 1. The lowest BCUT2D eigenvalue weighted by atomic mass is 10.1. The summed E-state index contributed by atoms with van der Waals surface area (Å²) < 4.78 is 25.5. The zero-order valence-electron chi connectivity index (χ0n) is 10.5. The summed E-state index contributed by atoms with van der Waals surface area (Å²) in [4.78, 5) is 2.53. The van der Waals surface area contributed by atoms with Gasteiger partial charge >= 0.3 is 0 Å². The molecule has 3 N–H and O–H groups in total. The predicted octanol–water partition coefficient (Wildman–Crippen LogP) is 0.522. The zero-order chi connectivity index (χ0) is 13.2. The van der Waals surface area contributed by atoms with Crippen LogP contribution in [0.15, 0.2) is 29.2 Å². The summed E-state index contributed by atoms with van der Waals surface area (Å²) >= 11 is 0. The number of hydrogen-bond donors (Lipinski definition) is 2. The van der Waals surface area contributed by atoms with Crippen molar-refractivity contribution >= 4 is 15.7 Å². The van der Waals surface area contributed by atoms with Gasteiger partial charge in [0.2, 0.25) is 10.0 Å². The molecule has 0 atom stereocenters. The third-order valence-corrected chi connectivity index (χ3v) is 4.75. The number of anilines is 1. The second-order valence-corrected chi connectivity index (χ2v) is 6.41. The predicted molar refractivity (Wildman–Crippen MR) is 72.1 cm³/mol. The Hall–Kier alpha value is -1.11. The van der Waals surface area contributed by atoms with E-state index in [-0.39, 0.29) is 0 Å². The Labute approximate surface area is 108 Å². The van der Waals surface area contributed by atoms with Crippen molar-refractivity contribution in [3.05, 3.63) is 24.3 Å².